The fourth-order valence-electron chi connectivity index (χ4n) is 2.80. The molecule has 5 nitrogen and oxygen atoms in total. The van der Waals surface area contributed by atoms with Gasteiger partial charge in [0.25, 0.3) is 0 Å². The van der Waals surface area contributed by atoms with Gasteiger partial charge in [0.05, 0.1) is 12.5 Å². The third-order valence-corrected chi connectivity index (χ3v) is 4.46. The van der Waals surface area contributed by atoms with Crippen molar-refractivity contribution in [3.05, 3.63) is 34.9 Å². The van der Waals surface area contributed by atoms with E-state index in [1.165, 1.54) is 0 Å². The van der Waals surface area contributed by atoms with E-state index in [9.17, 15) is 9.59 Å². The fourth-order valence-corrected chi connectivity index (χ4v) is 2.92. The van der Waals surface area contributed by atoms with Gasteiger partial charge in [-0.25, -0.2) is 0 Å². The predicted octanol–water partition coefficient (Wildman–Crippen LogP) is 2.27. The molecule has 0 bridgehead atoms. The third-order valence-electron chi connectivity index (χ3n) is 4.20. The Labute approximate surface area is 148 Å². The lowest BCUT2D eigenvalue weighted by Crippen LogP contribution is -2.46. The molecule has 1 N–H and O–H groups in total. The molecule has 1 heterocycles. The molecule has 2 amide bonds. The van der Waals surface area contributed by atoms with Crippen LogP contribution in [0.15, 0.2) is 24.3 Å². The standard InChI is InChI=1S/C18H25ClN2O3/c1-2-24-12-10-20-18(23)15-5-8-17(22)21(13-15)11-9-14-3-6-16(19)7-4-14/h3-4,6-7,15H,2,5,8-13H2,1H3,(H,20,23)/t15-/m0/s1. The molecule has 0 unspecified atom stereocenters. The third kappa shape index (κ3) is 5.80. The van der Waals surface area contributed by atoms with E-state index in [0.29, 0.717) is 50.7 Å². The first-order chi connectivity index (χ1) is 11.6. The summed E-state index contributed by atoms with van der Waals surface area (Å²) >= 11 is 5.88. The summed E-state index contributed by atoms with van der Waals surface area (Å²) < 4.78 is 5.22. The number of carbonyl (C=O) groups excluding carboxylic acids is 2. The summed E-state index contributed by atoms with van der Waals surface area (Å²) in [4.78, 5) is 26.1. The van der Waals surface area contributed by atoms with Gasteiger partial charge in [0.15, 0.2) is 0 Å². The summed E-state index contributed by atoms with van der Waals surface area (Å²) in [7, 11) is 0. The van der Waals surface area contributed by atoms with Crippen LogP contribution < -0.4 is 5.32 Å². The molecule has 0 saturated carbocycles. The molecule has 1 aliphatic heterocycles. The average molecular weight is 353 g/mol. The number of nitrogens with zero attached hydrogens (tertiary/aromatic N) is 1. The second-order valence-corrected chi connectivity index (χ2v) is 6.38. The summed E-state index contributed by atoms with van der Waals surface area (Å²) in [6.07, 6.45) is 1.82. The Morgan fingerprint density at radius 2 is 2.12 bits per heavy atom. The van der Waals surface area contributed by atoms with Crippen molar-refractivity contribution in [3.63, 3.8) is 0 Å². The van der Waals surface area contributed by atoms with E-state index in [-0.39, 0.29) is 17.7 Å². The van der Waals surface area contributed by atoms with Crippen molar-refractivity contribution in [3.8, 4) is 0 Å². The van der Waals surface area contributed by atoms with Gasteiger partial charge >= 0.3 is 0 Å². The molecule has 1 fully saturated rings. The van der Waals surface area contributed by atoms with Crippen LogP contribution in [0, 0.1) is 5.92 Å². The monoisotopic (exact) mass is 352 g/mol. The highest BCUT2D eigenvalue weighted by atomic mass is 35.5. The van der Waals surface area contributed by atoms with Crippen molar-refractivity contribution in [1.29, 1.82) is 0 Å². The number of nitrogens with one attached hydrogen (secondary N) is 1. The maximum atomic E-state index is 12.2. The molecular formula is C18H25ClN2O3. The average Bonchev–Trinajstić information content (AvgIpc) is 2.59. The lowest BCUT2D eigenvalue weighted by molar-refractivity contribution is -0.138. The van der Waals surface area contributed by atoms with Crippen molar-refractivity contribution >= 4 is 23.4 Å². The van der Waals surface area contributed by atoms with E-state index in [4.69, 9.17) is 16.3 Å². The molecule has 0 spiro atoms. The smallest absolute Gasteiger partial charge is 0.224 e. The zero-order valence-electron chi connectivity index (χ0n) is 14.1. The molecule has 24 heavy (non-hydrogen) atoms. The number of ether oxygens (including phenoxy) is 1. The number of likely N-dealkylation sites (tertiary alicyclic amines) is 1. The largest absolute Gasteiger partial charge is 0.380 e. The van der Waals surface area contributed by atoms with Gasteiger partial charge in [-0.2, -0.15) is 0 Å². The molecule has 1 aromatic rings. The normalized spacial score (nSPS) is 17.8. The SMILES string of the molecule is CCOCCNC(=O)[C@H]1CCC(=O)N(CCc2ccc(Cl)cc2)C1. The predicted molar refractivity (Wildman–Crippen MR) is 94.0 cm³/mol. The Morgan fingerprint density at radius 1 is 1.38 bits per heavy atom. The molecule has 6 heteroatoms. The lowest BCUT2D eigenvalue weighted by Gasteiger charge is -2.32. The topological polar surface area (TPSA) is 58.6 Å². The molecule has 0 aromatic heterocycles. The number of hydrogen-bond acceptors (Lipinski definition) is 3. The Kier molecular flexibility index (Phi) is 7.53. The van der Waals surface area contributed by atoms with Crippen LogP contribution in [0.2, 0.25) is 5.02 Å². The van der Waals surface area contributed by atoms with Gasteiger partial charge in [-0.15, -0.1) is 0 Å². The number of piperidine rings is 1. The zero-order chi connectivity index (χ0) is 17.4. The van der Waals surface area contributed by atoms with Crippen LogP contribution in [-0.4, -0.2) is 49.6 Å². The molecule has 1 aliphatic rings. The number of hydrogen-bond donors (Lipinski definition) is 1. The van der Waals surface area contributed by atoms with E-state index in [2.05, 4.69) is 5.32 Å². The summed E-state index contributed by atoms with van der Waals surface area (Å²) in [6, 6.07) is 7.64. The van der Waals surface area contributed by atoms with Crippen LogP contribution in [0.1, 0.15) is 25.3 Å². The van der Waals surface area contributed by atoms with Crippen LogP contribution in [0.5, 0.6) is 0 Å². The maximum Gasteiger partial charge on any atom is 0.224 e. The van der Waals surface area contributed by atoms with Crippen molar-refractivity contribution in [2.75, 3.05) is 32.8 Å². The van der Waals surface area contributed by atoms with E-state index in [0.717, 1.165) is 12.0 Å². The first-order valence-electron chi connectivity index (χ1n) is 8.47. The van der Waals surface area contributed by atoms with E-state index < -0.39 is 0 Å². The van der Waals surface area contributed by atoms with E-state index in [1.807, 2.05) is 31.2 Å². The van der Waals surface area contributed by atoms with Crippen molar-refractivity contribution in [2.45, 2.75) is 26.2 Å². The molecule has 2 rings (SSSR count). The van der Waals surface area contributed by atoms with Crippen LogP contribution in [0.3, 0.4) is 0 Å². The maximum absolute atomic E-state index is 12.2. The number of halogens is 1. The Morgan fingerprint density at radius 3 is 2.83 bits per heavy atom. The minimum atomic E-state index is -0.130. The van der Waals surface area contributed by atoms with Gasteiger partial charge in [-0.3, -0.25) is 9.59 Å². The minimum absolute atomic E-state index is 0.0127. The number of benzene rings is 1. The Balaban J connectivity index is 1.80. The molecule has 1 atom stereocenters. The second-order valence-electron chi connectivity index (χ2n) is 5.94. The number of amides is 2. The zero-order valence-corrected chi connectivity index (χ0v) is 14.8. The first kappa shape index (κ1) is 18.7. The Bertz CT molecular complexity index is 548. The molecule has 132 valence electrons. The van der Waals surface area contributed by atoms with Crippen LogP contribution in [0.4, 0.5) is 0 Å². The van der Waals surface area contributed by atoms with Gasteiger partial charge in [0.2, 0.25) is 11.8 Å². The highest BCUT2D eigenvalue weighted by Crippen LogP contribution is 2.19. The number of rotatable bonds is 8. The van der Waals surface area contributed by atoms with Gasteiger partial charge in [0, 0.05) is 37.7 Å². The highest BCUT2D eigenvalue weighted by molar-refractivity contribution is 6.30. The number of carbonyl (C=O) groups is 2. The second kappa shape index (κ2) is 9.64. The van der Waals surface area contributed by atoms with Gasteiger partial charge in [-0.05, 0) is 37.5 Å². The van der Waals surface area contributed by atoms with Gasteiger partial charge in [0.1, 0.15) is 0 Å². The van der Waals surface area contributed by atoms with Crippen LogP contribution in [0.25, 0.3) is 0 Å². The van der Waals surface area contributed by atoms with Crippen molar-refractivity contribution in [1.82, 2.24) is 10.2 Å². The molecule has 0 aliphatic carbocycles. The molecule has 1 saturated heterocycles. The molecular weight excluding hydrogens is 328 g/mol. The Hall–Kier alpha value is -1.59. The van der Waals surface area contributed by atoms with E-state index in [1.54, 1.807) is 4.90 Å². The highest BCUT2D eigenvalue weighted by Gasteiger charge is 2.29. The summed E-state index contributed by atoms with van der Waals surface area (Å²) in [5.74, 6) is 0.00979. The summed E-state index contributed by atoms with van der Waals surface area (Å²) in [5, 5.41) is 3.59. The van der Waals surface area contributed by atoms with Gasteiger partial charge < -0.3 is 15.0 Å². The van der Waals surface area contributed by atoms with E-state index >= 15 is 0 Å². The fraction of sp³-hybridized carbons (Fsp3) is 0.556. The lowest BCUT2D eigenvalue weighted by atomic mass is 9.96. The summed E-state index contributed by atoms with van der Waals surface area (Å²) in [5.41, 5.74) is 1.13. The van der Waals surface area contributed by atoms with Crippen molar-refractivity contribution < 1.29 is 14.3 Å². The van der Waals surface area contributed by atoms with Crippen LogP contribution >= 0.6 is 11.6 Å². The molecule has 1 aromatic carbocycles. The van der Waals surface area contributed by atoms with Crippen LogP contribution in [-0.2, 0) is 20.7 Å². The minimum Gasteiger partial charge on any atom is -0.380 e. The summed E-state index contributed by atoms with van der Waals surface area (Å²) in [6.45, 7) is 4.73. The van der Waals surface area contributed by atoms with Crippen molar-refractivity contribution in [2.24, 2.45) is 5.92 Å². The first-order valence-corrected chi connectivity index (χ1v) is 8.85. The quantitative estimate of drug-likeness (QED) is 0.730. The van der Waals surface area contributed by atoms with Gasteiger partial charge in [-0.1, -0.05) is 23.7 Å². The molecule has 0 radical (unpaired) electrons.